The maximum Gasteiger partial charge on any atom is 0.340 e. The summed E-state index contributed by atoms with van der Waals surface area (Å²) >= 11 is 0. The van der Waals surface area contributed by atoms with Gasteiger partial charge in [-0.1, -0.05) is 32.4 Å². The zero-order valence-corrected chi connectivity index (χ0v) is 16.4. The molecule has 2 rings (SSSR count). The number of amides is 2. The van der Waals surface area contributed by atoms with E-state index < -0.39 is 30.5 Å². The van der Waals surface area contributed by atoms with Crippen LogP contribution in [-0.4, -0.2) is 50.1 Å². The van der Waals surface area contributed by atoms with E-state index in [0.29, 0.717) is 25.1 Å². The summed E-state index contributed by atoms with van der Waals surface area (Å²) in [6.07, 6.45) is 1.84. The lowest BCUT2D eigenvalue weighted by atomic mass is 9.99. The molecule has 1 aliphatic rings. The van der Waals surface area contributed by atoms with Crippen LogP contribution in [0.1, 0.15) is 43.5 Å². The molecule has 1 heterocycles. The van der Waals surface area contributed by atoms with Crippen LogP contribution in [0.5, 0.6) is 0 Å². The molecule has 1 fully saturated rings. The summed E-state index contributed by atoms with van der Waals surface area (Å²) in [6, 6.07) is 5.82. The highest BCUT2D eigenvalue weighted by Crippen LogP contribution is 2.25. The molecule has 28 heavy (non-hydrogen) atoms. The first kappa shape index (κ1) is 21.4. The fourth-order valence-electron chi connectivity index (χ4n) is 3.00. The van der Waals surface area contributed by atoms with Gasteiger partial charge < -0.3 is 19.7 Å². The third-order valence-corrected chi connectivity index (χ3v) is 4.81. The highest BCUT2D eigenvalue weighted by molar-refractivity contribution is 6.04. The van der Waals surface area contributed by atoms with Gasteiger partial charge >= 0.3 is 11.9 Å². The van der Waals surface area contributed by atoms with Gasteiger partial charge in [-0.3, -0.25) is 9.59 Å². The summed E-state index contributed by atoms with van der Waals surface area (Å²) in [7, 11) is 1.25. The number of anilines is 1. The Hall–Kier alpha value is -2.90. The highest BCUT2D eigenvalue weighted by Gasteiger charge is 2.28. The molecule has 152 valence electrons. The standard InChI is InChI=1S/C20H26N2O6/c1-4-13(2)18(20(26)27-3)21-16(23)12-28-19(25)14-8-5-6-9-15(14)22-11-7-10-17(22)24/h5-6,8-9,13,18H,4,7,10-12H2,1-3H3,(H,21,23)/t13-,18+/m0/s1. The molecule has 1 aromatic rings. The second-order valence-electron chi connectivity index (χ2n) is 6.70. The van der Waals surface area contributed by atoms with Crippen molar-refractivity contribution in [2.24, 2.45) is 5.92 Å². The van der Waals surface area contributed by atoms with Gasteiger partial charge in [0.15, 0.2) is 6.61 Å². The molecular weight excluding hydrogens is 364 g/mol. The van der Waals surface area contributed by atoms with Crippen molar-refractivity contribution in [1.29, 1.82) is 0 Å². The summed E-state index contributed by atoms with van der Waals surface area (Å²) in [4.78, 5) is 50.0. The number of rotatable bonds is 8. The van der Waals surface area contributed by atoms with Crippen molar-refractivity contribution >= 4 is 29.4 Å². The number of nitrogens with one attached hydrogen (secondary N) is 1. The van der Waals surface area contributed by atoms with Crippen molar-refractivity contribution in [3.63, 3.8) is 0 Å². The number of carbonyl (C=O) groups excluding carboxylic acids is 4. The molecule has 0 spiro atoms. The van der Waals surface area contributed by atoms with Gasteiger partial charge in [-0.05, 0) is 24.5 Å². The third-order valence-electron chi connectivity index (χ3n) is 4.81. The molecule has 0 unspecified atom stereocenters. The van der Waals surface area contributed by atoms with Crippen LogP contribution in [0.25, 0.3) is 0 Å². The largest absolute Gasteiger partial charge is 0.467 e. The van der Waals surface area contributed by atoms with Crippen LogP contribution in [0, 0.1) is 5.92 Å². The van der Waals surface area contributed by atoms with Crippen LogP contribution >= 0.6 is 0 Å². The Morgan fingerprint density at radius 3 is 2.57 bits per heavy atom. The van der Waals surface area contributed by atoms with Gasteiger partial charge in [-0.2, -0.15) is 0 Å². The molecule has 0 bridgehead atoms. The number of carbonyl (C=O) groups is 4. The van der Waals surface area contributed by atoms with Crippen molar-refractivity contribution < 1.29 is 28.7 Å². The van der Waals surface area contributed by atoms with Crippen molar-refractivity contribution in [1.82, 2.24) is 5.32 Å². The molecule has 2 amide bonds. The van der Waals surface area contributed by atoms with Crippen molar-refractivity contribution in [3.05, 3.63) is 29.8 Å². The van der Waals surface area contributed by atoms with Gasteiger partial charge in [0.1, 0.15) is 6.04 Å². The Bertz CT molecular complexity index is 748. The minimum Gasteiger partial charge on any atom is -0.467 e. The van der Waals surface area contributed by atoms with E-state index in [-0.39, 0.29) is 17.4 Å². The number of para-hydroxylation sites is 1. The Morgan fingerprint density at radius 2 is 1.96 bits per heavy atom. The quantitative estimate of drug-likeness (QED) is 0.678. The Balaban J connectivity index is 2.01. The topological polar surface area (TPSA) is 102 Å². The van der Waals surface area contributed by atoms with Crippen LogP contribution in [0.4, 0.5) is 5.69 Å². The monoisotopic (exact) mass is 390 g/mol. The Morgan fingerprint density at radius 1 is 1.25 bits per heavy atom. The van der Waals surface area contributed by atoms with E-state index in [1.54, 1.807) is 29.2 Å². The molecule has 0 saturated carbocycles. The maximum absolute atomic E-state index is 12.5. The van der Waals surface area contributed by atoms with Gasteiger partial charge in [0.25, 0.3) is 5.91 Å². The molecule has 8 heteroatoms. The van der Waals surface area contributed by atoms with E-state index in [4.69, 9.17) is 9.47 Å². The first-order valence-electron chi connectivity index (χ1n) is 9.32. The number of nitrogens with zero attached hydrogens (tertiary/aromatic N) is 1. The van der Waals surface area contributed by atoms with Crippen LogP contribution in [-0.2, 0) is 23.9 Å². The molecule has 0 aromatic heterocycles. The molecule has 8 nitrogen and oxygen atoms in total. The molecule has 0 radical (unpaired) electrons. The predicted molar refractivity (Wildman–Crippen MR) is 102 cm³/mol. The predicted octanol–water partition coefficient (Wildman–Crippen LogP) is 1.67. The fraction of sp³-hybridized carbons (Fsp3) is 0.500. The van der Waals surface area contributed by atoms with Crippen molar-refractivity contribution in [3.8, 4) is 0 Å². The van der Waals surface area contributed by atoms with Crippen LogP contribution < -0.4 is 10.2 Å². The van der Waals surface area contributed by atoms with Crippen LogP contribution in [0.15, 0.2) is 24.3 Å². The summed E-state index contributed by atoms with van der Waals surface area (Å²) < 4.78 is 9.83. The molecular formula is C20H26N2O6. The lowest BCUT2D eigenvalue weighted by Crippen LogP contribution is -2.47. The van der Waals surface area contributed by atoms with E-state index in [2.05, 4.69) is 5.32 Å². The zero-order valence-electron chi connectivity index (χ0n) is 16.4. The average molecular weight is 390 g/mol. The van der Waals surface area contributed by atoms with Crippen molar-refractivity contribution in [2.45, 2.75) is 39.2 Å². The van der Waals surface area contributed by atoms with E-state index in [1.165, 1.54) is 7.11 Å². The van der Waals surface area contributed by atoms with E-state index in [9.17, 15) is 19.2 Å². The molecule has 2 atom stereocenters. The second kappa shape index (κ2) is 9.87. The van der Waals surface area contributed by atoms with Crippen molar-refractivity contribution in [2.75, 3.05) is 25.2 Å². The molecule has 0 aliphatic carbocycles. The molecule has 1 saturated heterocycles. The summed E-state index contributed by atoms with van der Waals surface area (Å²) in [5.74, 6) is -2.03. The number of benzene rings is 1. The SMILES string of the molecule is CC[C@H](C)[C@@H](NC(=O)COC(=O)c1ccccc1N1CCCC1=O)C(=O)OC. The van der Waals surface area contributed by atoms with Gasteiger partial charge in [-0.25, -0.2) is 9.59 Å². The number of hydrogen-bond donors (Lipinski definition) is 1. The summed E-state index contributed by atoms with van der Waals surface area (Å²) in [5, 5.41) is 2.55. The van der Waals surface area contributed by atoms with E-state index in [1.807, 2.05) is 13.8 Å². The molecule has 1 aliphatic heterocycles. The van der Waals surface area contributed by atoms with Gasteiger partial charge in [-0.15, -0.1) is 0 Å². The fourth-order valence-corrected chi connectivity index (χ4v) is 3.00. The maximum atomic E-state index is 12.5. The number of esters is 2. The number of ether oxygens (including phenoxy) is 2. The van der Waals surface area contributed by atoms with Crippen LogP contribution in [0.3, 0.4) is 0 Å². The smallest absolute Gasteiger partial charge is 0.340 e. The third kappa shape index (κ3) is 5.09. The summed E-state index contributed by atoms with van der Waals surface area (Å²) in [5.41, 5.74) is 0.694. The lowest BCUT2D eigenvalue weighted by molar-refractivity contribution is -0.147. The Labute approximate surface area is 164 Å². The minimum absolute atomic E-state index is 0.0486. The summed E-state index contributed by atoms with van der Waals surface area (Å²) in [6.45, 7) is 3.71. The zero-order chi connectivity index (χ0) is 20.7. The van der Waals surface area contributed by atoms with E-state index >= 15 is 0 Å². The first-order chi connectivity index (χ1) is 13.4. The normalized spacial score (nSPS) is 15.7. The first-order valence-corrected chi connectivity index (χ1v) is 9.32. The lowest BCUT2D eigenvalue weighted by Gasteiger charge is -2.22. The number of hydrogen-bond acceptors (Lipinski definition) is 6. The van der Waals surface area contributed by atoms with E-state index in [0.717, 1.165) is 6.42 Å². The van der Waals surface area contributed by atoms with Crippen LogP contribution in [0.2, 0.25) is 0 Å². The second-order valence-corrected chi connectivity index (χ2v) is 6.70. The number of methoxy groups -OCH3 is 1. The van der Waals surface area contributed by atoms with Gasteiger partial charge in [0.2, 0.25) is 5.91 Å². The Kier molecular flexibility index (Phi) is 7.54. The van der Waals surface area contributed by atoms with Gasteiger partial charge in [0.05, 0.1) is 18.4 Å². The minimum atomic E-state index is -0.810. The highest BCUT2D eigenvalue weighted by atomic mass is 16.5. The molecule has 1 aromatic carbocycles. The molecule has 1 N–H and O–H groups in total. The van der Waals surface area contributed by atoms with Gasteiger partial charge in [0, 0.05) is 13.0 Å². The average Bonchev–Trinajstić information content (AvgIpc) is 3.14.